The number of carbonyl (C=O) groups excluding carboxylic acids is 2. The van der Waals surface area contributed by atoms with Crippen LogP contribution in [0.5, 0.6) is 11.5 Å². The van der Waals surface area contributed by atoms with Crippen LogP contribution in [0.1, 0.15) is 28.7 Å². The van der Waals surface area contributed by atoms with Crippen LogP contribution in [0.3, 0.4) is 0 Å². The van der Waals surface area contributed by atoms with Crippen LogP contribution in [0.2, 0.25) is 0 Å². The van der Waals surface area contributed by atoms with E-state index in [4.69, 9.17) is 15.2 Å². The van der Waals surface area contributed by atoms with Gasteiger partial charge < -0.3 is 20.5 Å². The highest BCUT2D eigenvalue weighted by molar-refractivity contribution is 5.91. The van der Waals surface area contributed by atoms with Crippen molar-refractivity contribution < 1.29 is 19.1 Å². The molecular formula is C22H24N2O4. The van der Waals surface area contributed by atoms with Crippen LogP contribution in [0, 0.1) is 0 Å². The molecule has 3 rings (SSSR count). The predicted octanol–water partition coefficient (Wildman–Crippen LogP) is 2.38. The van der Waals surface area contributed by atoms with Crippen LogP contribution in [-0.4, -0.2) is 25.5 Å². The molecule has 0 spiro atoms. The Morgan fingerprint density at radius 2 is 1.93 bits per heavy atom. The van der Waals surface area contributed by atoms with Crippen molar-refractivity contribution in [3.05, 3.63) is 64.7 Å². The number of carbonyl (C=O) groups is 2. The molecule has 6 nitrogen and oxygen atoms in total. The van der Waals surface area contributed by atoms with Crippen molar-refractivity contribution in [1.29, 1.82) is 0 Å². The second-order valence-electron chi connectivity index (χ2n) is 6.67. The molecule has 0 radical (unpaired) electrons. The number of amides is 2. The van der Waals surface area contributed by atoms with Gasteiger partial charge in [-0.05, 0) is 59.7 Å². The third-order valence-corrected chi connectivity index (χ3v) is 4.61. The molecule has 0 saturated heterocycles. The molecular weight excluding hydrogens is 356 g/mol. The van der Waals surface area contributed by atoms with E-state index in [1.165, 1.54) is 30.7 Å². The Bertz CT molecular complexity index is 905. The maximum atomic E-state index is 12.1. The number of nitrogens with two attached hydrogens (primary N) is 1. The predicted molar refractivity (Wildman–Crippen MR) is 107 cm³/mol. The zero-order valence-electron chi connectivity index (χ0n) is 15.9. The summed E-state index contributed by atoms with van der Waals surface area (Å²) in [5.74, 6) is 0.140. The van der Waals surface area contributed by atoms with Crippen LogP contribution in [-0.2, 0) is 29.0 Å². The number of rotatable bonds is 8. The van der Waals surface area contributed by atoms with E-state index in [0.29, 0.717) is 18.0 Å². The summed E-state index contributed by atoms with van der Waals surface area (Å²) in [4.78, 5) is 23.0. The van der Waals surface area contributed by atoms with Gasteiger partial charge in [-0.25, -0.2) is 0 Å². The lowest BCUT2D eigenvalue weighted by molar-refractivity contribution is -0.120. The fourth-order valence-electron chi connectivity index (χ4n) is 3.21. The minimum absolute atomic E-state index is 0.173. The first-order chi connectivity index (χ1) is 13.5. The fourth-order valence-corrected chi connectivity index (χ4v) is 3.21. The monoisotopic (exact) mass is 380 g/mol. The van der Waals surface area contributed by atoms with Gasteiger partial charge in [0.1, 0.15) is 0 Å². The molecule has 0 unspecified atom stereocenters. The van der Waals surface area contributed by atoms with Crippen molar-refractivity contribution in [3.8, 4) is 11.5 Å². The van der Waals surface area contributed by atoms with Crippen LogP contribution >= 0.6 is 0 Å². The third kappa shape index (κ3) is 5.13. The first-order valence-corrected chi connectivity index (χ1v) is 9.21. The lowest BCUT2D eigenvalue weighted by Crippen LogP contribution is -2.20. The number of primary amides is 1. The van der Waals surface area contributed by atoms with Gasteiger partial charge in [-0.1, -0.05) is 24.3 Å². The molecule has 146 valence electrons. The topological polar surface area (TPSA) is 90.7 Å². The molecule has 2 aromatic rings. The molecule has 2 aromatic carbocycles. The molecule has 2 amide bonds. The highest BCUT2D eigenvalue weighted by atomic mass is 16.5. The Morgan fingerprint density at radius 3 is 2.71 bits per heavy atom. The summed E-state index contributed by atoms with van der Waals surface area (Å²) >= 11 is 0. The van der Waals surface area contributed by atoms with Gasteiger partial charge in [0.05, 0.1) is 7.11 Å². The summed E-state index contributed by atoms with van der Waals surface area (Å²) in [5, 5.41) is 2.90. The van der Waals surface area contributed by atoms with Gasteiger partial charge in [0.2, 0.25) is 5.91 Å². The third-order valence-electron chi connectivity index (χ3n) is 4.61. The Morgan fingerprint density at radius 1 is 1.11 bits per heavy atom. The number of hydrogen-bond donors (Lipinski definition) is 2. The molecule has 6 heteroatoms. The molecule has 28 heavy (non-hydrogen) atoms. The number of ether oxygens (including phenoxy) is 2. The molecule has 0 aromatic heterocycles. The highest BCUT2D eigenvalue weighted by Gasteiger charge is 2.11. The fraction of sp³-hybridized carbons (Fsp3) is 0.273. The molecule has 1 aliphatic rings. The van der Waals surface area contributed by atoms with Gasteiger partial charge in [-0.2, -0.15) is 0 Å². The summed E-state index contributed by atoms with van der Waals surface area (Å²) < 4.78 is 10.5. The Kier molecular flexibility index (Phi) is 6.32. The maximum absolute atomic E-state index is 12.1. The van der Waals surface area contributed by atoms with Gasteiger partial charge in [0, 0.05) is 12.6 Å². The Hall–Kier alpha value is -3.28. The average molecular weight is 380 g/mol. The highest BCUT2D eigenvalue weighted by Crippen LogP contribution is 2.28. The first kappa shape index (κ1) is 19.5. The number of aryl methyl sites for hydroxylation is 2. The lowest BCUT2D eigenvalue weighted by atomic mass is 10.1. The normalized spacial score (nSPS) is 12.6. The van der Waals surface area contributed by atoms with Gasteiger partial charge in [-0.3, -0.25) is 9.59 Å². The molecule has 3 N–H and O–H groups in total. The Labute approximate surface area is 164 Å². The minimum Gasteiger partial charge on any atom is -0.493 e. The molecule has 0 aliphatic heterocycles. The van der Waals surface area contributed by atoms with E-state index in [1.807, 2.05) is 0 Å². The number of nitrogens with one attached hydrogen (secondary N) is 1. The van der Waals surface area contributed by atoms with Crippen molar-refractivity contribution in [2.24, 2.45) is 5.73 Å². The van der Waals surface area contributed by atoms with E-state index in [9.17, 15) is 9.59 Å². The van der Waals surface area contributed by atoms with Gasteiger partial charge in [-0.15, -0.1) is 0 Å². The van der Waals surface area contributed by atoms with E-state index < -0.39 is 5.91 Å². The summed E-state index contributed by atoms with van der Waals surface area (Å²) in [6, 6.07) is 11.6. The van der Waals surface area contributed by atoms with Crippen molar-refractivity contribution >= 4 is 17.9 Å². The zero-order chi connectivity index (χ0) is 19.9. The van der Waals surface area contributed by atoms with Crippen molar-refractivity contribution in [3.63, 3.8) is 0 Å². The van der Waals surface area contributed by atoms with E-state index >= 15 is 0 Å². The molecule has 0 fully saturated rings. The Balaban J connectivity index is 1.56. The molecule has 1 aliphatic carbocycles. The van der Waals surface area contributed by atoms with Gasteiger partial charge in [0.25, 0.3) is 5.91 Å². The number of fused-ring (bicyclic) bond motifs is 1. The standard InChI is InChI=1S/C22H24N2O4/c1-27-20-12-15(6-9-19(20)28-14-21(23)25)7-10-22(26)24-13-16-5-8-17-3-2-4-18(17)11-16/h5-12H,2-4,13-14H2,1H3,(H2,23,25)(H,24,26)/b10-7+. The second-order valence-corrected chi connectivity index (χ2v) is 6.67. The van der Waals surface area contributed by atoms with E-state index in [-0.39, 0.29) is 12.5 Å². The zero-order valence-corrected chi connectivity index (χ0v) is 15.9. The van der Waals surface area contributed by atoms with Crippen molar-refractivity contribution in [2.75, 3.05) is 13.7 Å². The largest absolute Gasteiger partial charge is 0.493 e. The summed E-state index contributed by atoms with van der Waals surface area (Å²) in [7, 11) is 1.50. The van der Waals surface area contributed by atoms with Crippen LogP contribution < -0.4 is 20.5 Å². The van der Waals surface area contributed by atoms with Crippen LogP contribution in [0.15, 0.2) is 42.5 Å². The lowest BCUT2D eigenvalue weighted by Gasteiger charge is -2.10. The van der Waals surface area contributed by atoms with E-state index in [2.05, 4.69) is 23.5 Å². The van der Waals surface area contributed by atoms with Gasteiger partial charge in [0.15, 0.2) is 18.1 Å². The molecule has 0 heterocycles. The quantitative estimate of drug-likeness (QED) is 0.688. The minimum atomic E-state index is -0.564. The van der Waals surface area contributed by atoms with Crippen LogP contribution in [0.25, 0.3) is 6.08 Å². The summed E-state index contributed by atoms with van der Waals surface area (Å²) in [6.07, 6.45) is 6.66. The second kappa shape index (κ2) is 9.08. The number of methoxy groups -OCH3 is 1. The number of benzene rings is 2. The maximum Gasteiger partial charge on any atom is 0.255 e. The summed E-state index contributed by atoms with van der Waals surface area (Å²) in [6.45, 7) is 0.274. The average Bonchev–Trinajstić information content (AvgIpc) is 3.17. The van der Waals surface area contributed by atoms with E-state index in [1.54, 1.807) is 24.3 Å². The van der Waals surface area contributed by atoms with Crippen molar-refractivity contribution in [1.82, 2.24) is 5.32 Å². The molecule has 0 bridgehead atoms. The number of hydrogen-bond acceptors (Lipinski definition) is 4. The van der Waals surface area contributed by atoms with Crippen LogP contribution in [0.4, 0.5) is 0 Å². The van der Waals surface area contributed by atoms with E-state index in [0.717, 1.165) is 24.0 Å². The SMILES string of the molecule is COc1cc(/C=C/C(=O)NCc2ccc3c(c2)CCC3)ccc1OCC(N)=O. The molecule has 0 saturated carbocycles. The van der Waals surface area contributed by atoms with Crippen molar-refractivity contribution in [2.45, 2.75) is 25.8 Å². The summed E-state index contributed by atoms with van der Waals surface area (Å²) in [5.41, 5.74) is 9.78. The molecule has 0 atom stereocenters. The first-order valence-electron chi connectivity index (χ1n) is 9.21. The smallest absolute Gasteiger partial charge is 0.255 e. The van der Waals surface area contributed by atoms with Gasteiger partial charge >= 0.3 is 0 Å².